The molecule has 32 heavy (non-hydrogen) atoms. The van der Waals surface area contributed by atoms with Gasteiger partial charge in [-0.1, -0.05) is 42.5 Å². The number of nitriles is 1. The number of piperazine rings is 1. The van der Waals surface area contributed by atoms with Gasteiger partial charge in [0.05, 0.1) is 24.6 Å². The molecule has 2 aliphatic rings. The molecule has 7 nitrogen and oxygen atoms in total. The molecule has 0 aliphatic carbocycles. The number of amides is 1. The molecule has 1 amide bonds. The number of para-hydroxylation sites is 2. The summed E-state index contributed by atoms with van der Waals surface area (Å²) in [4.78, 5) is 19.3. The Morgan fingerprint density at radius 2 is 1.66 bits per heavy atom. The monoisotopic (exact) mass is 431 g/mol. The molecule has 4 rings (SSSR count). The number of hydrogen-bond acceptors (Lipinski definition) is 6. The van der Waals surface area contributed by atoms with Crippen molar-refractivity contribution < 1.29 is 9.53 Å². The van der Waals surface area contributed by atoms with E-state index in [2.05, 4.69) is 33.3 Å². The van der Waals surface area contributed by atoms with Crippen LogP contribution in [-0.4, -0.2) is 68.2 Å². The molecule has 1 N–H and O–H groups in total. The van der Waals surface area contributed by atoms with E-state index in [0.717, 1.165) is 44.1 Å². The van der Waals surface area contributed by atoms with Crippen molar-refractivity contribution in [3.63, 3.8) is 0 Å². The number of hydrogen-bond donors (Lipinski definition) is 1. The summed E-state index contributed by atoms with van der Waals surface area (Å²) in [7, 11) is 0. The van der Waals surface area contributed by atoms with E-state index in [9.17, 15) is 10.1 Å². The highest BCUT2D eigenvalue weighted by Gasteiger charge is 2.24. The predicted octanol–water partition coefficient (Wildman–Crippen LogP) is 2.69. The zero-order chi connectivity index (χ0) is 22.2. The van der Waals surface area contributed by atoms with E-state index in [1.807, 2.05) is 42.5 Å². The molecule has 0 aromatic heterocycles. The zero-order valence-corrected chi connectivity index (χ0v) is 18.2. The van der Waals surface area contributed by atoms with Crippen molar-refractivity contribution in [2.24, 2.45) is 0 Å². The first-order chi connectivity index (χ1) is 15.7. The second-order valence-corrected chi connectivity index (χ2v) is 7.98. The number of morpholine rings is 1. The van der Waals surface area contributed by atoms with E-state index < -0.39 is 0 Å². The molecule has 2 heterocycles. The number of nitrogens with one attached hydrogen (secondary N) is 1. The average molecular weight is 432 g/mol. The topological polar surface area (TPSA) is 71.8 Å². The lowest BCUT2D eigenvalue weighted by Crippen LogP contribution is -2.48. The van der Waals surface area contributed by atoms with Crippen LogP contribution in [0.2, 0.25) is 0 Å². The minimum absolute atomic E-state index is 0.123. The Labute approximate surface area is 189 Å². The minimum Gasteiger partial charge on any atom is -0.378 e. The van der Waals surface area contributed by atoms with Crippen LogP contribution in [0.3, 0.4) is 0 Å². The van der Waals surface area contributed by atoms with Gasteiger partial charge < -0.3 is 19.9 Å². The van der Waals surface area contributed by atoms with Crippen LogP contribution >= 0.6 is 0 Å². The number of anilines is 2. The van der Waals surface area contributed by atoms with E-state index in [4.69, 9.17) is 4.74 Å². The van der Waals surface area contributed by atoms with Crippen LogP contribution in [0.4, 0.5) is 11.4 Å². The molecule has 2 aromatic rings. The number of carbonyl (C=O) groups excluding carboxylic acids is 1. The maximum Gasteiger partial charge on any atom is 0.266 e. The van der Waals surface area contributed by atoms with Gasteiger partial charge in [-0.3, -0.25) is 9.69 Å². The molecule has 0 spiro atoms. The van der Waals surface area contributed by atoms with Gasteiger partial charge in [-0.2, -0.15) is 5.26 Å². The Kier molecular flexibility index (Phi) is 7.38. The van der Waals surface area contributed by atoms with Gasteiger partial charge in [0, 0.05) is 52.0 Å². The largest absolute Gasteiger partial charge is 0.378 e. The molecular weight excluding hydrogens is 402 g/mol. The van der Waals surface area contributed by atoms with E-state index >= 15 is 0 Å². The third-order valence-electron chi connectivity index (χ3n) is 5.89. The molecular formula is C25H29N5O2. The summed E-state index contributed by atoms with van der Waals surface area (Å²) < 4.78 is 5.45. The normalized spacial score (nSPS) is 17.7. The van der Waals surface area contributed by atoms with E-state index in [1.54, 1.807) is 4.90 Å². The van der Waals surface area contributed by atoms with Crippen molar-refractivity contribution in [3.8, 4) is 6.07 Å². The fraction of sp³-hybridized carbons (Fsp3) is 0.360. The minimum atomic E-state index is -0.219. The average Bonchev–Trinajstić information content (AvgIpc) is 2.86. The van der Waals surface area contributed by atoms with Crippen LogP contribution in [0.1, 0.15) is 5.56 Å². The summed E-state index contributed by atoms with van der Waals surface area (Å²) in [6.45, 7) is 6.75. The Balaban J connectivity index is 1.36. The number of benzene rings is 2. The Morgan fingerprint density at radius 3 is 2.38 bits per heavy atom. The lowest BCUT2D eigenvalue weighted by molar-refractivity contribution is -0.128. The summed E-state index contributed by atoms with van der Waals surface area (Å²) in [6, 6.07) is 20.4. The van der Waals surface area contributed by atoms with Crippen LogP contribution < -0.4 is 10.2 Å². The van der Waals surface area contributed by atoms with E-state index in [0.29, 0.717) is 26.3 Å². The fourth-order valence-corrected chi connectivity index (χ4v) is 4.09. The molecule has 2 fully saturated rings. The Hall–Kier alpha value is -3.34. The standard InChI is InChI=1S/C25H29N5O2/c26-18-22(19-27-23-8-4-5-9-24(23)29-14-16-32-17-15-29)25(31)30-12-10-28(11-13-30)20-21-6-2-1-3-7-21/h1-9,19,27H,10-17,20H2/b22-19-. The number of carbonyl (C=O) groups is 1. The molecule has 2 aromatic carbocycles. The molecule has 0 bridgehead atoms. The summed E-state index contributed by atoms with van der Waals surface area (Å²) in [5.74, 6) is -0.219. The second kappa shape index (κ2) is 10.8. The summed E-state index contributed by atoms with van der Waals surface area (Å²) in [6.07, 6.45) is 1.54. The number of ether oxygens (including phenoxy) is 1. The molecule has 2 saturated heterocycles. The van der Waals surface area contributed by atoms with Gasteiger partial charge in [0.25, 0.3) is 5.91 Å². The van der Waals surface area contributed by atoms with Crippen molar-refractivity contribution in [3.05, 3.63) is 71.9 Å². The van der Waals surface area contributed by atoms with Crippen LogP contribution in [0.15, 0.2) is 66.4 Å². The maximum absolute atomic E-state index is 13.0. The molecule has 0 radical (unpaired) electrons. The number of rotatable bonds is 6. The van der Waals surface area contributed by atoms with Crippen LogP contribution in [0.5, 0.6) is 0 Å². The fourth-order valence-electron chi connectivity index (χ4n) is 4.09. The van der Waals surface area contributed by atoms with Gasteiger partial charge in [-0.15, -0.1) is 0 Å². The highest BCUT2D eigenvalue weighted by Crippen LogP contribution is 2.26. The molecule has 0 saturated carbocycles. The molecule has 0 atom stereocenters. The third kappa shape index (κ3) is 5.47. The first-order valence-electron chi connectivity index (χ1n) is 11.1. The highest BCUT2D eigenvalue weighted by atomic mass is 16.5. The van der Waals surface area contributed by atoms with Crippen molar-refractivity contribution in [1.82, 2.24) is 9.80 Å². The third-order valence-corrected chi connectivity index (χ3v) is 5.89. The van der Waals surface area contributed by atoms with Crippen LogP contribution in [0, 0.1) is 11.3 Å². The van der Waals surface area contributed by atoms with Crippen molar-refractivity contribution in [2.45, 2.75) is 6.54 Å². The van der Waals surface area contributed by atoms with Gasteiger partial charge in [0.2, 0.25) is 0 Å². The first kappa shape index (κ1) is 21.9. The lowest BCUT2D eigenvalue weighted by atomic mass is 10.2. The quantitative estimate of drug-likeness (QED) is 0.560. The first-order valence-corrected chi connectivity index (χ1v) is 11.1. The van der Waals surface area contributed by atoms with E-state index in [1.165, 1.54) is 11.8 Å². The Bertz CT molecular complexity index is 971. The van der Waals surface area contributed by atoms with Crippen LogP contribution in [-0.2, 0) is 16.1 Å². The summed E-state index contributed by atoms with van der Waals surface area (Å²) >= 11 is 0. The van der Waals surface area contributed by atoms with Crippen LogP contribution in [0.25, 0.3) is 0 Å². The molecule has 0 unspecified atom stereocenters. The summed E-state index contributed by atoms with van der Waals surface area (Å²) in [5.41, 5.74) is 3.32. The van der Waals surface area contributed by atoms with Gasteiger partial charge in [0.1, 0.15) is 11.6 Å². The van der Waals surface area contributed by atoms with Crippen molar-refractivity contribution in [1.29, 1.82) is 5.26 Å². The molecule has 7 heteroatoms. The SMILES string of the molecule is N#C/C(=C/Nc1ccccc1N1CCOCC1)C(=O)N1CCN(Cc2ccccc2)CC1. The van der Waals surface area contributed by atoms with Gasteiger partial charge in [-0.25, -0.2) is 0 Å². The molecule has 166 valence electrons. The Morgan fingerprint density at radius 1 is 0.969 bits per heavy atom. The molecule has 2 aliphatic heterocycles. The van der Waals surface area contributed by atoms with Gasteiger partial charge in [-0.05, 0) is 17.7 Å². The maximum atomic E-state index is 13.0. The number of nitrogens with zero attached hydrogens (tertiary/aromatic N) is 4. The van der Waals surface area contributed by atoms with Gasteiger partial charge >= 0.3 is 0 Å². The van der Waals surface area contributed by atoms with Crippen molar-refractivity contribution in [2.75, 3.05) is 62.7 Å². The second-order valence-electron chi connectivity index (χ2n) is 7.98. The van der Waals surface area contributed by atoms with Crippen molar-refractivity contribution >= 4 is 17.3 Å². The lowest BCUT2D eigenvalue weighted by Gasteiger charge is -2.34. The predicted molar refractivity (Wildman–Crippen MR) is 125 cm³/mol. The highest BCUT2D eigenvalue weighted by molar-refractivity contribution is 5.97. The zero-order valence-electron chi connectivity index (χ0n) is 18.2. The summed E-state index contributed by atoms with van der Waals surface area (Å²) in [5, 5.41) is 12.8. The van der Waals surface area contributed by atoms with E-state index in [-0.39, 0.29) is 11.5 Å². The smallest absolute Gasteiger partial charge is 0.266 e. The van der Waals surface area contributed by atoms with Gasteiger partial charge in [0.15, 0.2) is 0 Å².